The molecule has 33 heavy (non-hydrogen) atoms. The average molecular weight is 517 g/mol. The lowest BCUT2D eigenvalue weighted by molar-refractivity contribution is -0.155. The molecule has 0 radical (unpaired) electrons. The van der Waals surface area contributed by atoms with Gasteiger partial charge in [0, 0.05) is 17.6 Å². The number of amides is 2. The maximum atomic E-state index is 12.8. The molecule has 1 saturated heterocycles. The van der Waals surface area contributed by atoms with E-state index in [0.29, 0.717) is 12.8 Å². The molecule has 3 N–H and O–H groups in total. The Balaban J connectivity index is 1.61. The number of piperidine rings is 1. The van der Waals surface area contributed by atoms with Gasteiger partial charge in [0.15, 0.2) is 12.2 Å². The summed E-state index contributed by atoms with van der Waals surface area (Å²) in [5.74, 6) is -1.52. The normalized spacial score (nSPS) is 18.2. The van der Waals surface area contributed by atoms with Crippen LogP contribution in [0.15, 0.2) is 59.1 Å². The Morgan fingerprint density at radius 2 is 1.55 bits per heavy atom. The Labute approximate surface area is 201 Å². The molecule has 1 aliphatic rings. The van der Waals surface area contributed by atoms with Crippen molar-refractivity contribution in [3.05, 3.63) is 70.2 Å². The number of hydrogen-bond acceptors (Lipinski definition) is 5. The summed E-state index contributed by atoms with van der Waals surface area (Å²) in [6.45, 7) is 3.79. The van der Waals surface area contributed by atoms with Gasteiger partial charge in [0.2, 0.25) is 0 Å². The highest BCUT2D eigenvalue weighted by molar-refractivity contribution is 9.10. The standard InChI is InChI=1S/C25H29BrN2O5/c1-16(18-8-10-20(26)11-9-18)27-23(32)21(30)22(31)24(33)28-14-12-25(13-15-28,17(2)29)19-6-4-3-5-7-19/h3-11,16,21-22,30-31H,12-15H2,1-2H3,(H,27,32)/t16?,21-,22?/m1/s1. The highest BCUT2D eigenvalue weighted by Gasteiger charge is 2.43. The topological polar surface area (TPSA) is 107 Å². The SMILES string of the molecule is CC(=O)C1(c2ccccc2)CCN(C(=O)C(O)[C@@H](O)C(=O)NC(C)c2ccc(Br)cc2)CC1. The number of halogens is 1. The molecule has 176 valence electrons. The van der Waals surface area contributed by atoms with Crippen molar-refractivity contribution in [2.24, 2.45) is 0 Å². The molecule has 2 aromatic carbocycles. The van der Waals surface area contributed by atoms with Crippen molar-refractivity contribution in [2.45, 2.75) is 50.4 Å². The first kappa shape index (κ1) is 25.1. The fourth-order valence-corrected chi connectivity index (χ4v) is 4.57. The van der Waals surface area contributed by atoms with E-state index in [1.165, 1.54) is 4.90 Å². The second kappa shape index (κ2) is 10.6. The molecule has 0 bridgehead atoms. The Hall–Kier alpha value is -2.55. The summed E-state index contributed by atoms with van der Waals surface area (Å²) in [7, 11) is 0. The van der Waals surface area contributed by atoms with Crippen molar-refractivity contribution in [3.8, 4) is 0 Å². The number of rotatable bonds is 7. The predicted octanol–water partition coefficient (Wildman–Crippen LogP) is 2.50. The fourth-order valence-electron chi connectivity index (χ4n) is 4.31. The summed E-state index contributed by atoms with van der Waals surface area (Å²) in [6, 6.07) is 16.4. The van der Waals surface area contributed by atoms with Crippen LogP contribution in [-0.4, -0.2) is 58.0 Å². The largest absolute Gasteiger partial charge is 0.380 e. The maximum absolute atomic E-state index is 12.8. The monoisotopic (exact) mass is 516 g/mol. The Morgan fingerprint density at radius 1 is 0.970 bits per heavy atom. The average Bonchev–Trinajstić information content (AvgIpc) is 2.83. The molecule has 7 nitrogen and oxygen atoms in total. The molecule has 8 heteroatoms. The van der Waals surface area contributed by atoms with Gasteiger partial charge in [0.1, 0.15) is 5.78 Å². The van der Waals surface area contributed by atoms with E-state index in [1.807, 2.05) is 54.6 Å². The van der Waals surface area contributed by atoms with E-state index in [2.05, 4.69) is 21.2 Å². The summed E-state index contributed by atoms with van der Waals surface area (Å²) in [5, 5.41) is 23.4. The number of ketones is 1. The van der Waals surface area contributed by atoms with E-state index < -0.39 is 35.5 Å². The molecule has 0 saturated carbocycles. The van der Waals surface area contributed by atoms with Crippen molar-refractivity contribution < 1.29 is 24.6 Å². The highest BCUT2D eigenvalue weighted by atomic mass is 79.9. The van der Waals surface area contributed by atoms with E-state index in [1.54, 1.807) is 13.8 Å². The molecule has 1 heterocycles. The number of likely N-dealkylation sites (tertiary alicyclic amines) is 1. The minimum atomic E-state index is -1.90. The number of carbonyl (C=O) groups is 3. The third-order valence-corrected chi connectivity index (χ3v) is 7.01. The van der Waals surface area contributed by atoms with Gasteiger partial charge in [-0.05, 0) is 49.9 Å². The molecular formula is C25H29BrN2O5. The summed E-state index contributed by atoms with van der Waals surface area (Å²) < 4.78 is 0.897. The molecule has 0 aliphatic carbocycles. The molecule has 3 atom stereocenters. The zero-order valence-corrected chi connectivity index (χ0v) is 20.3. The molecule has 2 amide bonds. The number of nitrogens with one attached hydrogen (secondary N) is 1. The molecule has 0 aromatic heterocycles. The summed E-state index contributed by atoms with van der Waals surface area (Å²) in [6.07, 6.45) is -2.96. The van der Waals surface area contributed by atoms with Gasteiger partial charge in [-0.25, -0.2) is 0 Å². The van der Waals surface area contributed by atoms with E-state index in [9.17, 15) is 24.6 Å². The molecular weight excluding hydrogens is 488 g/mol. The van der Waals surface area contributed by atoms with Gasteiger partial charge in [-0.2, -0.15) is 0 Å². The summed E-state index contributed by atoms with van der Waals surface area (Å²) in [5.41, 5.74) is 1.04. The van der Waals surface area contributed by atoms with Crippen LogP contribution >= 0.6 is 15.9 Å². The van der Waals surface area contributed by atoms with E-state index >= 15 is 0 Å². The van der Waals surface area contributed by atoms with Crippen molar-refractivity contribution in [3.63, 3.8) is 0 Å². The first-order valence-corrected chi connectivity index (χ1v) is 11.7. The van der Waals surface area contributed by atoms with Crippen LogP contribution in [0.4, 0.5) is 0 Å². The molecule has 2 aromatic rings. The molecule has 3 rings (SSSR count). The molecule has 1 aliphatic heterocycles. The van der Waals surface area contributed by atoms with Gasteiger partial charge in [-0.3, -0.25) is 14.4 Å². The lowest BCUT2D eigenvalue weighted by Crippen LogP contribution is -2.55. The second-order valence-electron chi connectivity index (χ2n) is 8.50. The number of hydrogen-bond donors (Lipinski definition) is 3. The van der Waals surface area contributed by atoms with E-state index in [-0.39, 0.29) is 18.9 Å². The van der Waals surface area contributed by atoms with Crippen LogP contribution in [0, 0.1) is 0 Å². The van der Waals surface area contributed by atoms with Gasteiger partial charge in [0.05, 0.1) is 11.5 Å². The first-order valence-electron chi connectivity index (χ1n) is 10.9. The van der Waals surface area contributed by atoms with Gasteiger partial charge in [-0.15, -0.1) is 0 Å². The Bertz CT molecular complexity index is 988. The van der Waals surface area contributed by atoms with Crippen LogP contribution in [0.1, 0.15) is 43.9 Å². The number of carbonyl (C=O) groups excluding carboxylic acids is 3. The lowest BCUT2D eigenvalue weighted by Gasteiger charge is -2.41. The molecule has 2 unspecified atom stereocenters. The van der Waals surface area contributed by atoms with Gasteiger partial charge in [-0.1, -0.05) is 58.4 Å². The van der Waals surface area contributed by atoms with Gasteiger partial charge >= 0.3 is 0 Å². The van der Waals surface area contributed by atoms with Crippen molar-refractivity contribution in [1.29, 1.82) is 0 Å². The van der Waals surface area contributed by atoms with Crippen molar-refractivity contribution >= 4 is 33.5 Å². The van der Waals surface area contributed by atoms with Crippen LogP contribution in [0.3, 0.4) is 0 Å². The minimum absolute atomic E-state index is 0.0303. The van der Waals surface area contributed by atoms with Crippen LogP contribution < -0.4 is 5.32 Å². The Morgan fingerprint density at radius 3 is 2.09 bits per heavy atom. The fraction of sp³-hybridized carbons (Fsp3) is 0.400. The number of aliphatic hydroxyl groups is 2. The van der Waals surface area contributed by atoms with Gasteiger partial charge < -0.3 is 20.4 Å². The molecule has 1 fully saturated rings. The third kappa shape index (κ3) is 5.51. The predicted molar refractivity (Wildman–Crippen MR) is 127 cm³/mol. The Kier molecular flexibility index (Phi) is 8.05. The van der Waals surface area contributed by atoms with Crippen molar-refractivity contribution in [1.82, 2.24) is 10.2 Å². The highest BCUT2D eigenvalue weighted by Crippen LogP contribution is 2.36. The number of nitrogens with zero attached hydrogens (tertiary/aromatic N) is 1. The smallest absolute Gasteiger partial charge is 0.254 e. The number of benzene rings is 2. The minimum Gasteiger partial charge on any atom is -0.380 e. The van der Waals surface area contributed by atoms with E-state index in [0.717, 1.165) is 15.6 Å². The lowest BCUT2D eigenvalue weighted by atomic mass is 9.70. The van der Waals surface area contributed by atoms with Crippen LogP contribution in [-0.2, 0) is 19.8 Å². The van der Waals surface area contributed by atoms with Gasteiger partial charge in [0.25, 0.3) is 11.8 Å². The van der Waals surface area contributed by atoms with Crippen molar-refractivity contribution in [2.75, 3.05) is 13.1 Å². The number of aliphatic hydroxyl groups excluding tert-OH is 2. The van der Waals surface area contributed by atoms with Crippen LogP contribution in [0.2, 0.25) is 0 Å². The second-order valence-corrected chi connectivity index (χ2v) is 9.42. The van der Waals surface area contributed by atoms with Crippen LogP contribution in [0.5, 0.6) is 0 Å². The maximum Gasteiger partial charge on any atom is 0.254 e. The summed E-state index contributed by atoms with van der Waals surface area (Å²) >= 11 is 3.35. The zero-order valence-electron chi connectivity index (χ0n) is 18.7. The quantitative estimate of drug-likeness (QED) is 0.524. The third-order valence-electron chi connectivity index (χ3n) is 6.48. The number of Topliss-reactive ketones (excluding diaryl/α,β-unsaturated/α-hetero) is 1. The molecule has 0 spiro atoms. The van der Waals surface area contributed by atoms with E-state index in [4.69, 9.17) is 0 Å². The van der Waals surface area contributed by atoms with Crippen LogP contribution in [0.25, 0.3) is 0 Å². The first-order chi connectivity index (χ1) is 15.7. The summed E-state index contributed by atoms with van der Waals surface area (Å²) in [4.78, 5) is 39.2. The zero-order chi connectivity index (χ0) is 24.2.